The fourth-order valence-corrected chi connectivity index (χ4v) is 8.57. The van der Waals surface area contributed by atoms with Crippen molar-refractivity contribution in [1.82, 2.24) is 24.2 Å². The molecule has 2 heterocycles. The molecule has 2 unspecified atom stereocenters. The zero-order valence-corrected chi connectivity index (χ0v) is 30.7. The molecule has 0 spiro atoms. The van der Waals surface area contributed by atoms with Crippen LogP contribution in [0.15, 0.2) is 59.5 Å². The molecule has 0 bridgehead atoms. The molecule has 0 saturated carbocycles. The number of aromatic nitrogens is 3. The second-order valence-electron chi connectivity index (χ2n) is 13.6. The van der Waals surface area contributed by atoms with Crippen LogP contribution in [0.3, 0.4) is 0 Å². The lowest BCUT2D eigenvalue weighted by molar-refractivity contribution is -0.150. The highest BCUT2D eigenvalue weighted by molar-refractivity contribution is 8.22. The average molecular weight is 722 g/mol. The molecule has 2 atom stereocenters. The Balaban J connectivity index is 1.65. The summed E-state index contributed by atoms with van der Waals surface area (Å²) in [4.78, 5) is 39.3. The third-order valence-electron chi connectivity index (χ3n) is 9.79. The molecule has 14 heteroatoms. The van der Waals surface area contributed by atoms with Crippen LogP contribution in [0.1, 0.15) is 74.3 Å². The number of rotatable bonds is 13. The molecule has 0 aliphatic carbocycles. The monoisotopic (exact) mass is 721 g/mol. The lowest BCUT2D eigenvalue weighted by Gasteiger charge is -2.42. The highest BCUT2D eigenvalue weighted by Gasteiger charge is 2.43. The Bertz CT molecular complexity index is 1940. The SMILES string of the molecule is CCC1CN(Cc2cc(C(c3ccc4c(nnn4CC)c3C)C(C)(C)C(=O)N(CCC(=O)O)CC(=O)O)ccc2C)S(O)(O)c2ccccc2O1. The summed E-state index contributed by atoms with van der Waals surface area (Å²) in [7, 11) is -3.45. The number of aryl methyl sites for hydroxylation is 3. The van der Waals surface area contributed by atoms with Crippen molar-refractivity contribution in [3.63, 3.8) is 0 Å². The van der Waals surface area contributed by atoms with Gasteiger partial charge >= 0.3 is 11.9 Å². The first-order chi connectivity index (χ1) is 24.1. The van der Waals surface area contributed by atoms with E-state index in [9.17, 15) is 33.7 Å². The van der Waals surface area contributed by atoms with Gasteiger partial charge in [-0.25, -0.2) is 4.68 Å². The van der Waals surface area contributed by atoms with E-state index in [0.29, 0.717) is 29.1 Å². The molecule has 1 aliphatic heterocycles. The fourth-order valence-electron chi connectivity index (χ4n) is 6.95. The van der Waals surface area contributed by atoms with Crippen LogP contribution in [-0.2, 0) is 27.5 Å². The van der Waals surface area contributed by atoms with Crippen LogP contribution in [0.4, 0.5) is 0 Å². The van der Waals surface area contributed by atoms with Crippen LogP contribution in [0, 0.1) is 19.3 Å². The fraction of sp³-hybridized carbons (Fsp3) is 0.432. The smallest absolute Gasteiger partial charge is 0.323 e. The highest BCUT2D eigenvalue weighted by Crippen LogP contribution is 2.57. The van der Waals surface area contributed by atoms with Gasteiger partial charge in [0, 0.05) is 25.6 Å². The van der Waals surface area contributed by atoms with E-state index in [1.807, 2.05) is 58.0 Å². The molecule has 1 aliphatic rings. The van der Waals surface area contributed by atoms with Crippen LogP contribution in [0.25, 0.3) is 11.0 Å². The Hall–Kier alpha value is -4.50. The molecule has 0 saturated heterocycles. The molecule has 274 valence electrons. The maximum atomic E-state index is 14.5. The molecule has 4 aromatic rings. The molecular formula is C37H47N5O8S. The summed E-state index contributed by atoms with van der Waals surface area (Å²) in [6.07, 6.45) is -0.0471. The predicted molar refractivity (Wildman–Crippen MR) is 194 cm³/mol. The number of hydrogen-bond donors (Lipinski definition) is 4. The van der Waals surface area contributed by atoms with E-state index >= 15 is 0 Å². The number of carboxylic acids is 2. The normalized spacial score (nSPS) is 17.2. The van der Waals surface area contributed by atoms with E-state index in [1.165, 1.54) is 0 Å². The summed E-state index contributed by atoms with van der Waals surface area (Å²) in [6, 6.07) is 16.6. The van der Waals surface area contributed by atoms with Gasteiger partial charge in [-0.2, -0.15) is 4.31 Å². The van der Waals surface area contributed by atoms with Crippen LogP contribution >= 0.6 is 10.8 Å². The predicted octanol–water partition coefficient (Wildman–Crippen LogP) is 6.31. The standard InChI is InChI=1S/C37H47N5O8S/c1-7-27-21-41(51(48,49)31-12-10-9-11-30(31)50-27)20-26-19-25(14-13-23(26)3)34(28-15-16-29-35(24(28)4)38-39-42(29)8-2)37(5,6)36(47)40(22-33(45)46)18-17-32(43)44/h9-16,19,27,34,48-49H,7-8,17-18,20-22H2,1-6H3,(H,43,44)(H,45,46). The van der Waals surface area contributed by atoms with Crippen LogP contribution < -0.4 is 4.74 Å². The lowest BCUT2D eigenvalue weighted by Crippen LogP contribution is -2.47. The van der Waals surface area contributed by atoms with Crippen molar-refractivity contribution < 1.29 is 38.4 Å². The first-order valence-electron chi connectivity index (χ1n) is 17.0. The van der Waals surface area contributed by atoms with Gasteiger partial charge in [0.1, 0.15) is 28.8 Å². The lowest BCUT2D eigenvalue weighted by atomic mass is 9.68. The van der Waals surface area contributed by atoms with E-state index < -0.39 is 52.9 Å². The van der Waals surface area contributed by atoms with E-state index in [2.05, 4.69) is 10.3 Å². The van der Waals surface area contributed by atoms with Crippen molar-refractivity contribution in [1.29, 1.82) is 0 Å². The molecule has 5 rings (SSSR count). The van der Waals surface area contributed by atoms with Gasteiger partial charge in [-0.05, 0) is 73.2 Å². The number of carboxylic acid groups (broad SMARTS) is 2. The van der Waals surface area contributed by atoms with Gasteiger partial charge in [-0.15, -0.1) is 15.9 Å². The van der Waals surface area contributed by atoms with Gasteiger partial charge < -0.3 is 19.8 Å². The van der Waals surface area contributed by atoms with E-state index in [1.54, 1.807) is 47.1 Å². The van der Waals surface area contributed by atoms with Crippen molar-refractivity contribution in [2.24, 2.45) is 5.41 Å². The quantitative estimate of drug-likeness (QED) is 0.122. The number of carbonyl (C=O) groups excluding carboxylic acids is 1. The Morgan fingerprint density at radius 1 is 1.04 bits per heavy atom. The number of benzene rings is 3. The first kappa shape index (κ1) is 37.7. The minimum absolute atomic E-state index is 0.171. The largest absolute Gasteiger partial charge is 0.487 e. The summed E-state index contributed by atoms with van der Waals surface area (Å²) in [5.41, 5.74) is 4.24. The Morgan fingerprint density at radius 3 is 2.43 bits per heavy atom. The number of amides is 1. The number of carbonyl (C=O) groups is 3. The number of para-hydroxylation sites is 1. The molecule has 0 fully saturated rings. The number of hydrogen-bond acceptors (Lipinski definition) is 9. The Kier molecular flexibility index (Phi) is 11.1. The minimum Gasteiger partial charge on any atom is -0.487 e. The second-order valence-corrected chi connectivity index (χ2v) is 15.6. The number of nitrogens with zero attached hydrogens (tertiary/aromatic N) is 5. The molecule has 51 heavy (non-hydrogen) atoms. The molecule has 13 nitrogen and oxygen atoms in total. The molecule has 3 aromatic carbocycles. The summed E-state index contributed by atoms with van der Waals surface area (Å²) in [6.45, 7) is 11.4. The van der Waals surface area contributed by atoms with Crippen LogP contribution in [0.5, 0.6) is 5.75 Å². The van der Waals surface area contributed by atoms with Gasteiger partial charge in [0.2, 0.25) is 5.91 Å². The molecule has 1 amide bonds. The van der Waals surface area contributed by atoms with Crippen LogP contribution in [-0.4, -0.2) is 87.1 Å². The number of aliphatic carboxylic acids is 2. The maximum absolute atomic E-state index is 14.5. The number of fused-ring (bicyclic) bond motifs is 2. The van der Waals surface area contributed by atoms with Gasteiger partial charge in [-0.3, -0.25) is 23.5 Å². The molecular weight excluding hydrogens is 675 g/mol. The highest BCUT2D eigenvalue weighted by atomic mass is 32.3. The van der Waals surface area contributed by atoms with E-state index in [0.717, 1.165) is 38.2 Å². The molecule has 1 aromatic heterocycles. The van der Waals surface area contributed by atoms with Crippen molar-refractivity contribution >= 4 is 39.7 Å². The van der Waals surface area contributed by atoms with Crippen LogP contribution in [0.2, 0.25) is 0 Å². The summed E-state index contributed by atoms with van der Waals surface area (Å²) >= 11 is 0. The van der Waals surface area contributed by atoms with E-state index in [-0.39, 0.29) is 25.7 Å². The zero-order chi connectivity index (χ0) is 37.2. The topological polar surface area (TPSA) is 179 Å². The Labute approximate surface area is 299 Å². The van der Waals surface area contributed by atoms with Crippen molar-refractivity contribution in [3.05, 3.63) is 82.4 Å². The second kappa shape index (κ2) is 15.0. The maximum Gasteiger partial charge on any atom is 0.323 e. The zero-order valence-electron chi connectivity index (χ0n) is 29.9. The van der Waals surface area contributed by atoms with Gasteiger partial charge in [0.25, 0.3) is 0 Å². The summed E-state index contributed by atoms with van der Waals surface area (Å²) in [5, 5.41) is 27.8. The van der Waals surface area contributed by atoms with Gasteiger partial charge in [-0.1, -0.05) is 62.4 Å². The first-order valence-corrected chi connectivity index (χ1v) is 18.5. The van der Waals surface area contributed by atoms with Crippen molar-refractivity contribution in [3.8, 4) is 5.75 Å². The van der Waals surface area contributed by atoms with Crippen molar-refractivity contribution in [2.45, 2.75) is 84.4 Å². The third kappa shape index (κ3) is 7.59. The average Bonchev–Trinajstić information content (AvgIpc) is 3.47. The van der Waals surface area contributed by atoms with Crippen molar-refractivity contribution in [2.75, 3.05) is 19.6 Å². The summed E-state index contributed by atoms with van der Waals surface area (Å²) in [5.74, 6) is -3.12. The molecule has 0 radical (unpaired) electrons. The summed E-state index contributed by atoms with van der Waals surface area (Å²) < 4.78 is 33.0. The number of ether oxygens (including phenoxy) is 1. The minimum atomic E-state index is -3.45. The third-order valence-corrected chi connectivity index (χ3v) is 11.7. The van der Waals surface area contributed by atoms with E-state index in [4.69, 9.17) is 4.74 Å². The van der Waals surface area contributed by atoms with Gasteiger partial charge in [0.15, 0.2) is 0 Å². The molecule has 4 N–H and O–H groups in total. The Morgan fingerprint density at radius 2 is 1.76 bits per heavy atom. The van der Waals surface area contributed by atoms with Gasteiger partial charge in [0.05, 0.1) is 23.9 Å².